The molecule has 0 aromatic rings. The SMILES string of the molecule is CC(CNC(C)C)CN1CCCS1(=O)=O. The summed E-state index contributed by atoms with van der Waals surface area (Å²) in [6.45, 7) is 8.52. The van der Waals surface area contributed by atoms with E-state index >= 15 is 0 Å². The molecule has 1 fully saturated rings. The average Bonchev–Trinajstić information content (AvgIpc) is 2.43. The van der Waals surface area contributed by atoms with Crippen LogP contribution in [-0.4, -0.2) is 44.2 Å². The lowest BCUT2D eigenvalue weighted by Crippen LogP contribution is -2.36. The number of nitrogens with zero attached hydrogens (tertiary/aromatic N) is 1. The van der Waals surface area contributed by atoms with E-state index < -0.39 is 10.0 Å². The second-order valence-electron chi connectivity index (χ2n) is 4.70. The Kier molecular flexibility index (Phi) is 4.55. The Balaban J connectivity index is 2.35. The molecular formula is C10H22N2O2S. The first-order chi connectivity index (χ1) is 6.92. The Morgan fingerprint density at radius 2 is 2.00 bits per heavy atom. The molecule has 0 spiro atoms. The summed E-state index contributed by atoms with van der Waals surface area (Å²) in [5, 5.41) is 3.33. The first kappa shape index (κ1) is 12.9. The van der Waals surface area contributed by atoms with Crippen LogP contribution in [-0.2, 0) is 10.0 Å². The minimum Gasteiger partial charge on any atom is -0.314 e. The van der Waals surface area contributed by atoms with Crippen molar-refractivity contribution in [1.29, 1.82) is 0 Å². The van der Waals surface area contributed by atoms with Crippen molar-refractivity contribution < 1.29 is 8.42 Å². The van der Waals surface area contributed by atoms with Crippen LogP contribution in [0.4, 0.5) is 0 Å². The van der Waals surface area contributed by atoms with Crippen molar-refractivity contribution >= 4 is 10.0 Å². The molecule has 5 heteroatoms. The molecule has 0 saturated carbocycles. The van der Waals surface area contributed by atoms with E-state index in [9.17, 15) is 8.42 Å². The predicted octanol–water partition coefficient (Wildman–Crippen LogP) is 0.656. The lowest BCUT2D eigenvalue weighted by atomic mass is 10.1. The zero-order valence-electron chi connectivity index (χ0n) is 9.86. The van der Waals surface area contributed by atoms with Gasteiger partial charge in [-0.15, -0.1) is 0 Å². The van der Waals surface area contributed by atoms with Gasteiger partial charge in [-0.25, -0.2) is 12.7 Å². The van der Waals surface area contributed by atoms with Crippen LogP contribution >= 0.6 is 0 Å². The molecular weight excluding hydrogens is 212 g/mol. The first-order valence-corrected chi connectivity index (χ1v) is 7.24. The third-order valence-electron chi connectivity index (χ3n) is 2.59. The Hall–Kier alpha value is -0.130. The van der Waals surface area contributed by atoms with Crippen molar-refractivity contribution in [3.63, 3.8) is 0 Å². The molecule has 0 aromatic carbocycles. The quantitative estimate of drug-likeness (QED) is 0.760. The largest absolute Gasteiger partial charge is 0.314 e. The van der Waals surface area contributed by atoms with E-state index in [-0.39, 0.29) is 0 Å². The summed E-state index contributed by atoms with van der Waals surface area (Å²) in [7, 11) is -2.92. The van der Waals surface area contributed by atoms with Crippen LogP contribution < -0.4 is 5.32 Å². The molecule has 1 unspecified atom stereocenters. The van der Waals surface area contributed by atoms with Crippen LogP contribution in [0.3, 0.4) is 0 Å². The van der Waals surface area contributed by atoms with Gasteiger partial charge in [-0.2, -0.15) is 0 Å². The van der Waals surface area contributed by atoms with E-state index in [2.05, 4.69) is 26.1 Å². The number of rotatable bonds is 5. The molecule has 1 rings (SSSR count). The molecule has 1 aliphatic rings. The highest BCUT2D eigenvalue weighted by Crippen LogP contribution is 2.15. The number of sulfonamides is 1. The normalized spacial score (nSPS) is 23.5. The van der Waals surface area contributed by atoms with E-state index in [4.69, 9.17) is 0 Å². The standard InChI is InChI=1S/C10H22N2O2S/c1-9(2)11-7-10(3)8-12-5-4-6-15(12,13)14/h9-11H,4-8H2,1-3H3. The highest BCUT2D eigenvalue weighted by Gasteiger charge is 2.28. The van der Waals surface area contributed by atoms with Gasteiger partial charge in [0.25, 0.3) is 0 Å². The fraction of sp³-hybridized carbons (Fsp3) is 1.00. The number of nitrogens with one attached hydrogen (secondary N) is 1. The topological polar surface area (TPSA) is 49.4 Å². The minimum atomic E-state index is -2.92. The number of hydrogen-bond acceptors (Lipinski definition) is 3. The molecule has 0 bridgehead atoms. The second-order valence-corrected chi connectivity index (χ2v) is 6.78. The second kappa shape index (κ2) is 5.27. The van der Waals surface area contributed by atoms with E-state index in [0.29, 0.717) is 30.8 Å². The maximum Gasteiger partial charge on any atom is 0.214 e. The smallest absolute Gasteiger partial charge is 0.214 e. The van der Waals surface area contributed by atoms with Crippen molar-refractivity contribution in [2.75, 3.05) is 25.4 Å². The van der Waals surface area contributed by atoms with Crippen LogP contribution in [0.15, 0.2) is 0 Å². The summed E-state index contributed by atoms with van der Waals surface area (Å²) in [5.74, 6) is 0.706. The highest BCUT2D eigenvalue weighted by molar-refractivity contribution is 7.89. The lowest BCUT2D eigenvalue weighted by Gasteiger charge is -2.20. The summed E-state index contributed by atoms with van der Waals surface area (Å²) in [6.07, 6.45) is 0.784. The average molecular weight is 234 g/mol. The van der Waals surface area contributed by atoms with Crippen molar-refractivity contribution in [2.24, 2.45) is 5.92 Å². The molecule has 1 atom stereocenters. The molecule has 0 radical (unpaired) electrons. The maximum atomic E-state index is 11.5. The molecule has 1 aliphatic heterocycles. The van der Waals surface area contributed by atoms with Gasteiger partial charge in [0.05, 0.1) is 5.75 Å². The van der Waals surface area contributed by atoms with Crippen LogP contribution in [0.5, 0.6) is 0 Å². The molecule has 4 nitrogen and oxygen atoms in total. The first-order valence-electron chi connectivity index (χ1n) is 5.63. The molecule has 1 heterocycles. The van der Waals surface area contributed by atoms with Gasteiger partial charge < -0.3 is 5.32 Å². The predicted molar refractivity (Wildman–Crippen MR) is 62.3 cm³/mol. The van der Waals surface area contributed by atoms with Gasteiger partial charge in [-0.3, -0.25) is 0 Å². The van der Waals surface area contributed by atoms with E-state index in [1.54, 1.807) is 4.31 Å². The van der Waals surface area contributed by atoms with E-state index in [0.717, 1.165) is 13.0 Å². The van der Waals surface area contributed by atoms with Gasteiger partial charge in [0, 0.05) is 19.1 Å². The summed E-state index contributed by atoms with van der Waals surface area (Å²) in [5.41, 5.74) is 0. The lowest BCUT2D eigenvalue weighted by molar-refractivity contribution is 0.358. The number of hydrogen-bond donors (Lipinski definition) is 1. The molecule has 0 amide bonds. The minimum absolute atomic E-state index is 0.331. The van der Waals surface area contributed by atoms with Gasteiger partial charge in [0.15, 0.2) is 0 Å². The molecule has 1 saturated heterocycles. The van der Waals surface area contributed by atoms with Gasteiger partial charge in [-0.1, -0.05) is 20.8 Å². The molecule has 15 heavy (non-hydrogen) atoms. The van der Waals surface area contributed by atoms with Crippen LogP contribution in [0.1, 0.15) is 27.2 Å². The molecule has 0 aliphatic carbocycles. The van der Waals surface area contributed by atoms with Crippen molar-refractivity contribution in [3.8, 4) is 0 Å². The van der Waals surface area contributed by atoms with Crippen LogP contribution in [0.2, 0.25) is 0 Å². The van der Waals surface area contributed by atoms with Gasteiger partial charge in [-0.05, 0) is 18.9 Å². The van der Waals surface area contributed by atoms with E-state index in [1.165, 1.54) is 0 Å². The maximum absolute atomic E-state index is 11.5. The summed E-state index contributed by atoms with van der Waals surface area (Å²) >= 11 is 0. The third kappa shape index (κ3) is 4.09. The molecule has 0 aromatic heterocycles. The molecule has 90 valence electrons. The van der Waals surface area contributed by atoms with Crippen molar-refractivity contribution in [3.05, 3.63) is 0 Å². The fourth-order valence-corrected chi connectivity index (χ4v) is 3.39. The van der Waals surface area contributed by atoms with E-state index in [1.807, 2.05) is 0 Å². The summed E-state index contributed by atoms with van der Waals surface area (Å²) in [6, 6.07) is 0.461. The Morgan fingerprint density at radius 1 is 1.33 bits per heavy atom. The van der Waals surface area contributed by atoms with Gasteiger partial charge in [0.1, 0.15) is 0 Å². The zero-order valence-corrected chi connectivity index (χ0v) is 10.7. The van der Waals surface area contributed by atoms with Crippen LogP contribution in [0, 0.1) is 5.92 Å². The van der Waals surface area contributed by atoms with Crippen molar-refractivity contribution in [1.82, 2.24) is 9.62 Å². The molecule has 1 N–H and O–H groups in total. The van der Waals surface area contributed by atoms with Crippen molar-refractivity contribution in [2.45, 2.75) is 33.2 Å². The van der Waals surface area contributed by atoms with Crippen LogP contribution in [0.25, 0.3) is 0 Å². The fourth-order valence-electron chi connectivity index (χ4n) is 1.75. The third-order valence-corrected chi connectivity index (χ3v) is 4.52. The summed E-state index contributed by atoms with van der Waals surface area (Å²) in [4.78, 5) is 0. The van der Waals surface area contributed by atoms with Gasteiger partial charge >= 0.3 is 0 Å². The summed E-state index contributed by atoms with van der Waals surface area (Å²) < 4.78 is 24.7. The highest BCUT2D eigenvalue weighted by atomic mass is 32.2. The Morgan fingerprint density at radius 3 is 2.47 bits per heavy atom. The monoisotopic (exact) mass is 234 g/mol. The Labute approximate surface area is 93.1 Å². The van der Waals surface area contributed by atoms with Gasteiger partial charge in [0.2, 0.25) is 10.0 Å². The Bertz CT molecular complexity index is 288. The zero-order chi connectivity index (χ0) is 11.5.